The Morgan fingerprint density at radius 1 is 1.19 bits per heavy atom. The maximum absolute atomic E-state index is 13.1. The van der Waals surface area contributed by atoms with Gasteiger partial charge in [0.1, 0.15) is 11.5 Å². The molecule has 9 heteroatoms. The molecule has 0 radical (unpaired) electrons. The van der Waals surface area contributed by atoms with Crippen molar-refractivity contribution in [3.8, 4) is 11.5 Å². The number of halogens is 2. The predicted octanol–water partition coefficient (Wildman–Crippen LogP) is 3.06. The normalized spacial score (nSPS) is 23.1. The summed E-state index contributed by atoms with van der Waals surface area (Å²) in [6, 6.07) is 4.59. The lowest BCUT2D eigenvalue weighted by Crippen LogP contribution is -2.44. The van der Waals surface area contributed by atoms with Crippen LogP contribution in [0.3, 0.4) is 0 Å². The van der Waals surface area contributed by atoms with Crippen molar-refractivity contribution in [2.24, 2.45) is 11.7 Å². The van der Waals surface area contributed by atoms with E-state index in [1.54, 1.807) is 12.4 Å². The monoisotopic (exact) mass is 467 g/mol. The lowest BCUT2D eigenvalue weighted by Gasteiger charge is -2.32. The summed E-state index contributed by atoms with van der Waals surface area (Å²) in [5, 5.41) is 0. The Kier molecular flexibility index (Phi) is 7.97. The summed E-state index contributed by atoms with van der Waals surface area (Å²) in [4.78, 5) is 26.3. The molecular formula is C22H31Cl2N5O2. The molecule has 31 heavy (non-hydrogen) atoms. The summed E-state index contributed by atoms with van der Waals surface area (Å²) < 4.78 is 5.94. The Morgan fingerprint density at radius 2 is 2.00 bits per heavy atom. The summed E-state index contributed by atoms with van der Waals surface area (Å²) in [6.07, 6.45) is 9.64. The summed E-state index contributed by atoms with van der Waals surface area (Å²) in [5.74, 6) is 2.53. The molecule has 7 nitrogen and oxygen atoms in total. The summed E-state index contributed by atoms with van der Waals surface area (Å²) in [7, 11) is 0. The Balaban J connectivity index is 0.00000136. The van der Waals surface area contributed by atoms with Crippen molar-refractivity contribution >= 4 is 30.7 Å². The molecule has 170 valence electrons. The number of carbonyl (C=O) groups is 1. The van der Waals surface area contributed by atoms with Gasteiger partial charge in [0.05, 0.1) is 12.1 Å². The van der Waals surface area contributed by atoms with Crippen LogP contribution in [0.2, 0.25) is 0 Å². The molecule has 2 aromatic heterocycles. The quantitative estimate of drug-likeness (QED) is 0.701. The first kappa shape index (κ1) is 24.0. The first-order valence-corrected chi connectivity index (χ1v) is 10.8. The molecule has 0 bridgehead atoms. The van der Waals surface area contributed by atoms with Crippen LogP contribution in [0.25, 0.3) is 11.5 Å². The van der Waals surface area contributed by atoms with Crippen molar-refractivity contribution in [1.29, 1.82) is 0 Å². The van der Waals surface area contributed by atoms with E-state index in [0.717, 1.165) is 48.7 Å². The third kappa shape index (κ3) is 5.22. The maximum Gasteiger partial charge on any atom is 0.228 e. The second-order valence-electron chi connectivity index (χ2n) is 8.66. The second-order valence-corrected chi connectivity index (χ2v) is 8.66. The van der Waals surface area contributed by atoms with E-state index in [-0.39, 0.29) is 30.7 Å². The largest absolute Gasteiger partial charge is 0.441 e. The number of fused-ring (bicyclic) bond motifs is 1. The van der Waals surface area contributed by atoms with Crippen LogP contribution in [-0.2, 0) is 17.8 Å². The highest BCUT2D eigenvalue weighted by atomic mass is 35.5. The summed E-state index contributed by atoms with van der Waals surface area (Å²) in [6.45, 7) is 3.04. The van der Waals surface area contributed by atoms with Gasteiger partial charge in [0, 0.05) is 57.0 Å². The number of carbonyl (C=O) groups excluding carboxylic acids is 1. The minimum Gasteiger partial charge on any atom is -0.441 e. The van der Waals surface area contributed by atoms with E-state index in [2.05, 4.69) is 14.9 Å². The number of nitrogens with two attached hydrogens (primary N) is 1. The van der Waals surface area contributed by atoms with Crippen LogP contribution in [0.1, 0.15) is 43.6 Å². The highest BCUT2D eigenvalue weighted by Crippen LogP contribution is 2.35. The molecule has 1 aliphatic carbocycles. The first-order valence-electron chi connectivity index (χ1n) is 10.8. The number of oxazole rings is 1. The smallest absolute Gasteiger partial charge is 0.228 e. The molecule has 2 aromatic rings. The van der Waals surface area contributed by atoms with Gasteiger partial charge in [0.15, 0.2) is 0 Å². The number of amides is 1. The van der Waals surface area contributed by atoms with Crippen LogP contribution in [0.15, 0.2) is 28.9 Å². The second kappa shape index (κ2) is 10.3. The molecule has 3 aliphatic rings. The van der Waals surface area contributed by atoms with E-state index in [1.165, 1.54) is 12.8 Å². The van der Waals surface area contributed by atoms with Crippen LogP contribution < -0.4 is 5.73 Å². The van der Waals surface area contributed by atoms with E-state index >= 15 is 0 Å². The number of nitrogens with zero attached hydrogens (tertiary/aromatic N) is 4. The van der Waals surface area contributed by atoms with Crippen molar-refractivity contribution in [2.45, 2.75) is 57.2 Å². The Hall–Kier alpha value is -1.67. The van der Waals surface area contributed by atoms with Crippen molar-refractivity contribution in [3.05, 3.63) is 36.0 Å². The number of rotatable bonds is 6. The zero-order valence-corrected chi connectivity index (χ0v) is 19.2. The SMILES string of the molecule is Cl.Cl.NC[C@H]1CC[C@@H](CC(=O)N2CCc3oc(-c4cccnc4)nc3C2)N1CC1CC1. The van der Waals surface area contributed by atoms with E-state index in [4.69, 9.17) is 10.2 Å². The fourth-order valence-electron chi connectivity index (χ4n) is 4.74. The van der Waals surface area contributed by atoms with Crippen LogP contribution in [0, 0.1) is 5.92 Å². The van der Waals surface area contributed by atoms with Gasteiger partial charge in [-0.25, -0.2) is 4.98 Å². The molecule has 0 aromatic carbocycles. The zero-order valence-electron chi connectivity index (χ0n) is 17.6. The Bertz CT molecular complexity index is 874. The van der Waals surface area contributed by atoms with Crippen LogP contribution in [0.4, 0.5) is 0 Å². The van der Waals surface area contributed by atoms with Crippen LogP contribution in [-0.4, -0.2) is 57.4 Å². The highest BCUT2D eigenvalue weighted by molar-refractivity contribution is 5.85. The average molecular weight is 468 g/mol. The minimum atomic E-state index is 0. The number of aromatic nitrogens is 2. The van der Waals surface area contributed by atoms with Gasteiger partial charge in [-0.05, 0) is 43.7 Å². The first-order chi connectivity index (χ1) is 14.2. The third-order valence-electron chi connectivity index (χ3n) is 6.61. The van der Waals surface area contributed by atoms with E-state index < -0.39 is 0 Å². The van der Waals surface area contributed by atoms with E-state index in [0.29, 0.717) is 44.0 Å². The Morgan fingerprint density at radius 3 is 2.71 bits per heavy atom. The third-order valence-corrected chi connectivity index (χ3v) is 6.61. The molecule has 1 amide bonds. The van der Waals surface area contributed by atoms with Gasteiger partial charge in [0.2, 0.25) is 11.8 Å². The van der Waals surface area contributed by atoms with Gasteiger partial charge in [-0.2, -0.15) is 0 Å². The number of hydrogen-bond donors (Lipinski definition) is 1. The fourth-order valence-corrected chi connectivity index (χ4v) is 4.74. The molecule has 2 aliphatic heterocycles. The van der Waals surface area contributed by atoms with Crippen molar-refractivity contribution in [1.82, 2.24) is 19.8 Å². The summed E-state index contributed by atoms with van der Waals surface area (Å²) >= 11 is 0. The van der Waals surface area contributed by atoms with Crippen LogP contribution >= 0.6 is 24.8 Å². The molecule has 1 saturated carbocycles. The molecule has 2 fully saturated rings. The van der Waals surface area contributed by atoms with Gasteiger partial charge in [0.25, 0.3) is 0 Å². The maximum atomic E-state index is 13.1. The van der Waals surface area contributed by atoms with Crippen molar-refractivity contribution in [3.63, 3.8) is 0 Å². The molecule has 2 atom stereocenters. The van der Waals surface area contributed by atoms with E-state index in [1.807, 2.05) is 17.0 Å². The van der Waals surface area contributed by atoms with Gasteiger partial charge in [-0.1, -0.05) is 0 Å². The molecule has 4 heterocycles. The highest BCUT2D eigenvalue weighted by Gasteiger charge is 2.38. The predicted molar refractivity (Wildman–Crippen MR) is 123 cm³/mol. The number of likely N-dealkylation sites (tertiary alicyclic amines) is 1. The number of hydrogen-bond acceptors (Lipinski definition) is 6. The lowest BCUT2D eigenvalue weighted by molar-refractivity contribution is -0.133. The van der Waals surface area contributed by atoms with Gasteiger partial charge >= 0.3 is 0 Å². The molecular weight excluding hydrogens is 437 g/mol. The van der Waals surface area contributed by atoms with Gasteiger partial charge < -0.3 is 15.1 Å². The molecule has 0 unspecified atom stereocenters. The topological polar surface area (TPSA) is 88.5 Å². The van der Waals surface area contributed by atoms with Crippen LogP contribution in [0.5, 0.6) is 0 Å². The summed E-state index contributed by atoms with van der Waals surface area (Å²) in [5.41, 5.74) is 7.75. The molecule has 2 N–H and O–H groups in total. The molecule has 1 saturated heterocycles. The average Bonchev–Trinajstić information content (AvgIpc) is 3.34. The molecule has 5 rings (SSSR count). The standard InChI is InChI=1S/C22H29N5O2.2ClH/c23-11-18-6-5-17(27(18)13-15-3-4-15)10-21(28)26-9-7-20-19(14-26)25-22(29-20)16-2-1-8-24-12-16;;/h1-2,8,12,15,17-18H,3-7,9-11,13-14,23H2;2*1H/t17-,18+;;/m0../s1. The van der Waals surface area contributed by atoms with Gasteiger partial charge in [-0.3, -0.25) is 14.7 Å². The van der Waals surface area contributed by atoms with Crippen molar-refractivity contribution < 1.29 is 9.21 Å². The van der Waals surface area contributed by atoms with E-state index in [9.17, 15) is 4.79 Å². The fraction of sp³-hybridized carbons (Fsp3) is 0.591. The lowest BCUT2D eigenvalue weighted by atomic mass is 10.1. The van der Waals surface area contributed by atoms with Gasteiger partial charge in [-0.15, -0.1) is 24.8 Å². The Labute approximate surface area is 195 Å². The number of pyridine rings is 1. The zero-order chi connectivity index (χ0) is 19.8. The molecule has 0 spiro atoms. The van der Waals surface area contributed by atoms with Crippen molar-refractivity contribution in [2.75, 3.05) is 19.6 Å². The minimum absolute atomic E-state index is 0.